The average molecular weight is 315 g/mol. The van der Waals surface area contributed by atoms with Crippen molar-refractivity contribution in [3.63, 3.8) is 0 Å². The molecule has 6 heteroatoms. The fourth-order valence-electron chi connectivity index (χ4n) is 2.13. The zero-order valence-electron chi connectivity index (χ0n) is 11.0. The van der Waals surface area contributed by atoms with E-state index in [9.17, 15) is 5.21 Å². The second-order valence-electron chi connectivity index (χ2n) is 5.68. The first-order valence-electron chi connectivity index (χ1n) is 6.14. The second-order valence-corrected chi connectivity index (χ2v) is 6.47. The van der Waals surface area contributed by atoms with Crippen LogP contribution in [0.2, 0.25) is 0 Å². The van der Waals surface area contributed by atoms with E-state index >= 15 is 0 Å². The summed E-state index contributed by atoms with van der Waals surface area (Å²) in [5, 5.41) is 18.0. The summed E-state index contributed by atoms with van der Waals surface area (Å²) in [6.45, 7) is 7.85. The van der Waals surface area contributed by atoms with Gasteiger partial charge in [0.15, 0.2) is 11.3 Å². The topological polar surface area (TPSA) is 65.1 Å². The maximum atomic E-state index is 10.00. The number of hydrogen-bond acceptors (Lipinski definition) is 4. The van der Waals surface area contributed by atoms with Crippen molar-refractivity contribution in [3.8, 4) is 0 Å². The highest BCUT2D eigenvalue weighted by molar-refractivity contribution is 9.10. The Morgan fingerprint density at radius 2 is 1.83 bits per heavy atom. The van der Waals surface area contributed by atoms with Crippen LogP contribution in [0.5, 0.6) is 0 Å². The second kappa shape index (κ2) is 4.57. The molecule has 2 heterocycles. The predicted molar refractivity (Wildman–Crippen MR) is 73.1 cm³/mol. The zero-order valence-corrected chi connectivity index (χ0v) is 12.6. The lowest BCUT2D eigenvalue weighted by molar-refractivity contribution is 0.143. The number of nitrogens with one attached hydrogen (secondary N) is 1. The normalized spacial score (nSPS) is 16.3. The molecule has 1 aromatic rings. The third-order valence-corrected chi connectivity index (χ3v) is 3.84. The Bertz CT molecular complexity index is 512. The molecular weight excluding hydrogens is 296 g/mol. The number of hydrogen-bond donors (Lipinski definition) is 2. The number of nitrogens with zero attached hydrogens (tertiary/aromatic N) is 3. The van der Waals surface area contributed by atoms with Gasteiger partial charge in [0.1, 0.15) is 10.3 Å². The van der Waals surface area contributed by atoms with Crippen molar-refractivity contribution in [2.75, 3.05) is 18.0 Å². The molecule has 2 N–H and O–H groups in total. The van der Waals surface area contributed by atoms with Gasteiger partial charge in [-0.1, -0.05) is 20.8 Å². The van der Waals surface area contributed by atoms with Crippen LogP contribution in [0.1, 0.15) is 39.4 Å². The maximum absolute atomic E-state index is 10.00. The zero-order chi connectivity index (χ0) is 13.5. The lowest BCUT2D eigenvalue weighted by Crippen LogP contribution is -2.34. The summed E-state index contributed by atoms with van der Waals surface area (Å²) >= 11 is 3.37. The van der Waals surface area contributed by atoms with E-state index in [1.54, 1.807) is 0 Å². The molecule has 0 saturated carbocycles. The minimum Gasteiger partial charge on any atom is -0.425 e. The lowest BCUT2D eigenvalue weighted by atomic mass is 9.95. The molecule has 0 bridgehead atoms. The van der Waals surface area contributed by atoms with E-state index in [0.717, 1.165) is 36.5 Å². The highest BCUT2D eigenvalue weighted by Gasteiger charge is 2.26. The molecule has 1 aromatic heterocycles. The summed E-state index contributed by atoms with van der Waals surface area (Å²) in [4.78, 5) is 6.72. The SMILES string of the molecule is CC(C)(C)c1nc(N2CCCC2)c(Br)c(=N)n1O. The third-order valence-electron chi connectivity index (χ3n) is 3.10. The molecule has 0 amide bonds. The van der Waals surface area contributed by atoms with Gasteiger partial charge in [-0.3, -0.25) is 5.41 Å². The van der Waals surface area contributed by atoms with Crippen LogP contribution in [0, 0.1) is 5.41 Å². The first-order chi connectivity index (χ1) is 8.32. The number of anilines is 1. The molecule has 0 radical (unpaired) electrons. The fraction of sp³-hybridized carbons (Fsp3) is 0.667. The predicted octanol–water partition coefficient (Wildman–Crippen LogP) is 2.26. The quantitative estimate of drug-likeness (QED) is 0.781. The molecule has 1 aliphatic heterocycles. The van der Waals surface area contributed by atoms with Crippen LogP contribution in [0.3, 0.4) is 0 Å². The summed E-state index contributed by atoms with van der Waals surface area (Å²) in [6.07, 6.45) is 2.31. The Balaban J connectivity index is 2.60. The summed E-state index contributed by atoms with van der Waals surface area (Å²) in [5.41, 5.74) is -0.253. The number of rotatable bonds is 1. The van der Waals surface area contributed by atoms with Crippen LogP contribution >= 0.6 is 15.9 Å². The Hall–Kier alpha value is -1.04. The molecule has 0 atom stereocenters. The molecule has 18 heavy (non-hydrogen) atoms. The molecule has 1 fully saturated rings. The maximum Gasteiger partial charge on any atom is 0.180 e. The summed E-state index contributed by atoms with van der Waals surface area (Å²) in [5.74, 6) is 1.28. The van der Waals surface area contributed by atoms with Crippen molar-refractivity contribution in [3.05, 3.63) is 15.8 Å². The summed E-state index contributed by atoms with van der Waals surface area (Å²) in [6, 6.07) is 0. The Kier molecular flexibility index (Phi) is 3.40. The van der Waals surface area contributed by atoms with Crippen molar-refractivity contribution < 1.29 is 5.21 Å². The van der Waals surface area contributed by atoms with Crippen molar-refractivity contribution in [2.24, 2.45) is 0 Å². The minimum absolute atomic E-state index is 0.0526. The van der Waals surface area contributed by atoms with Crippen LogP contribution in [0.25, 0.3) is 0 Å². The minimum atomic E-state index is -0.306. The third kappa shape index (κ3) is 2.25. The van der Waals surface area contributed by atoms with Gasteiger partial charge in [0.2, 0.25) is 0 Å². The fourth-order valence-corrected chi connectivity index (χ4v) is 2.63. The van der Waals surface area contributed by atoms with Gasteiger partial charge in [-0.2, -0.15) is 4.73 Å². The highest BCUT2D eigenvalue weighted by atomic mass is 79.9. The Morgan fingerprint density at radius 3 is 2.33 bits per heavy atom. The molecule has 100 valence electrons. The van der Waals surface area contributed by atoms with Crippen LogP contribution < -0.4 is 10.4 Å². The molecule has 2 rings (SSSR count). The molecular formula is C12H19BrN4O. The molecule has 1 saturated heterocycles. The summed E-state index contributed by atoms with van der Waals surface area (Å²) < 4.78 is 1.42. The van der Waals surface area contributed by atoms with E-state index in [1.807, 2.05) is 20.8 Å². The lowest BCUT2D eigenvalue weighted by Gasteiger charge is -2.25. The van der Waals surface area contributed by atoms with Crippen LogP contribution in [-0.4, -0.2) is 28.0 Å². The van der Waals surface area contributed by atoms with E-state index < -0.39 is 0 Å². The Labute approximate surface area is 115 Å². The van der Waals surface area contributed by atoms with E-state index in [0.29, 0.717) is 10.3 Å². The highest BCUT2D eigenvalue weighted by Crippen LogP contribution is 2.27. The van der Waals surface area contributed by atoms with Crippen molar-refractivity contribution >= 4 is 21.7 Å². The van der Waals surface area contributed by atoms with E-state index in [4.69, 9.17) is 5.41 Å². The van der Waals surface area contributed by atoms with Crippen LogP contribution in [0.4, 0.5) is 5.82 Å². The monoisotopic (exact) mass is 314 g/mol. The number of halogens is 1. The van der Waals surface area contributed by atoms with Gasteiger partial charge in [-0.25, -0.2) is 4.98 Å². The van der Waals surface area contributed by atoms with Gasteiger partial charge in [0.05, 0.1) is 0 Å². The van der Waals surface area contributed by atoms with Crippen molar-refractivity contribution in [1.29, 1.82) is 5.41 Å². The molecule has 0 aromatic carbocycles. The molecule has 0 unspecified atom stereocenters. The van der Waals surface area contributed by atoms with Gasteiger partial charge in [-0.15, -0.1) is 0 Å². The molecule has 5 nitrogen and oxygen atoms in total. The van der Waals surface area contributed by atoms with Gasteiger partial charge in [0.25, 0.3) is 0 Å². The smallest absolute Gasteiger partial charge is 0.180 e. The number of aromatic nitrogens is 2. The first-order valence-corrected chi connectivity index (χ1v) is 6.93. The Morgan fingerprint density at radius 1 is 1.28 bits per heavy atom. The molecule has 0 aliphatic carbocycles. The van der Waals surface area contributed by atoms with Gasteiger partial charge >= 0.3 is 0 Å². The van der Waals surface area contributed by atoms with Crippen molar-refractivity contribution in [2.45, 2.75) is 39.0 Å². The van der Waals surface area contributed by atoms with Gasteiger partial charge < -0.3 is 10.1 Å². The van der Waals surface area contributed by atoms with Gasteiger partial charge in [0, 0.05) is 18.5 Å². The first kappa shape index (κ1) is 13.4. The van der Waals surface area contributed by atoms with E-state index in [-0.39, 0.29) is 10.9 Å². The van der Waals surface area contributed by atoms with E-state index in [2.05, 4.69) is 25.8 Å². The summed E-state index contributed by atoms with van der Waals surface area (Å²) in [7, 11) is 0. The van der Waals surface area contributed by atoms with Crippen LogP contribution in [0.15, 0.2) is 4.47 Å². The van der Waals surface area contributed by atoms with Crippen molar-refractivity contribution in [1.82, 2.24) is 9.71 Å². The van der Waals surface area contributed by atoms with E-state index in [1.165, 1.54) is 0 Å². The molecule has 0 spiro atoms. The average Bonchev–Trinajstić information content (AvgIpc) is 2.78. The molecule has 1 aliphatic rings. The standard InChI is InChI=1S/C12H19BrN4O/c1-12(2,3)11-15-10(16-6-4-5-7-16)8(13)9(14)17(11)18/h14,18H,4-7H2,1-3H3. The van der Waals surface area contributed by atoms with Crippen LogP contribution in [-0.2, 0) is 5.41 Å². The largest absolute Gasteiger partial charge is 0.425 e. The van der Waals surface area contributed by atoms with Gasteiger partial charge in [-0.05, 0) is 28.8 Å².